The second-order valence-electron chi connectivity index (χ2n) is 4.49. The van der Waals surface area contributed by atoms with Gasteiger partial charge in [0.2, 0.25) is 0 Å². The van der Waals surface area contributed by atoms with Crippen molar-refractivity contribution >= 4 is 0 Å². The molecule has 0 heterocycles. The van der Waals surface area contributed by atoms with Crippen LogP contribution in [0.1, 0.15) is 17.5 Å². The molecule has 2 aromatic rings. The molecule has 0 spiro atoms. The van der Waals surface area contributed by atoms with Crippen LogP contribution in [-0.4, -0.2) is 18.8 Å². The lowest BCUT2D eigenvalue weighted by Crippen LogP contribution is -2.30. The lowest BCUT2D eigenvalue weighted by Gasteiger charge is -2.29. The van der Waals surface area contributed by atoms with E-state index < -0.39 is 5.60 Å². The van der Waals surface area contributed by atoms with Crippen molar-refractivity contribution in [3.63, 3.8) is 0 Å². The van der Waals surface area contributed by atoms with Gasteiger partial charge in [0.1, 0.15) is 11.4 Å². The van der Waals surface area contributed by atoms with Gasteiger partial charge < -0.3 is 15.6 Å². The molecule has 0 radical (unpaired) electrons. The molecule has 0 amide bonds. The normalized spacial score (nSPS) is 13.8. The van der Waals surface area contributed by atoms with Gasteiger partial charge in [0.05, 0.1) is 7.11 Å². The third-order valence-electron chi connectivity index (χ3n) is 3.33. The van der Waals surface area contributed by atoms with Crippen LogP contribution in [-0.2, 0) is 5.60 Å². The molecular formula is C16H19NO2. The van der Waals surface area contributed by atoms with Crippen LogP contribution in [0.3, 0.4) is 0 Å². The molecule has 0 aliphatic rings. The first-order valence-corrected chi connectivity index (χ1v) is 6.33. The fourth-order valence-electron chi connectivity index (χ4n) is 2.24. The molecule has 2 rings (SSSR count). The van der Waals surface area contributed by atoms with E-state index in [-0.39, 0.29) is 0 Å². The van der Waals surface area contributed by atoms with Crippen LogP contribution < -0.4 is 10.5 Å². The Morgan fingerprint density at radius 3 is 2.11 bits per heavy atom. The van der Waals surface area contributed by atoms with E-state index in [2.05, 4.69) is 0 Å². The van der Waals surface area contributed by atoms with E-state index in [1.165, 1.54) is 0 Å². The van der Waals surface area contributed by atoms with Crippen molar-refractivity contribution in [2.24, 2.45) is 5.73 Å². The predicted molar refractivity (Wildman–Crippen MR) is 76.1 cm³/mol. The number of methoxy groups -OCH3 is 1. The molecule has 0 saturated carbocycles. The molecule has 1 unspecified atom stereocenters. The zero-order valence-electron chi connectivity index (χ0n) is 11.0. The third kappa shape index (κ3) is 2.78. The predicted octanol–water partition coefficient (Wildman–Crippen LogP) is 2.28. The first-order chi connectivity index (χ1) is 9.20. The summed E-state index contributed by atoms with van der Waals surface area (Å²) < 4.78 is 5.14. The monoisotopic (exact) mass is 257 g/mol. The second-order valence-corrected chi connectivity index (χ2v) is 4.49. The third-order valence-corrected chi connectivity index (χ3v) is 3.33. The summed E-state index contributed by atoms with van der Waals surface area (Å²) in [6.45, 7) is 0.414. The van der Waals surface area contributed by atoms with E-state index in [1.807, 2.05) is 54.6 Å². The maximum absolute atomic E-state index is 11.0. The zero-order valence-corrected chi connectivity index (χ0v) is 11.0. The maximum atomic E-state index is 11.0. The number of nitrogens with two attached hydrogens (primary N) is 1. The fraction of sp³-hybridized carbons (Fsp3) is 0.250. The fourth-order valence-corrected chi connectivity index (χ4v) is 2.24. The van der Waals surface area contributed by atoms with E-state index in [1.54, 1.807) is 7.11 Å². The molecule has 0 aromatic heterocycles. The van der Waals surface area contributed by atoms with Gasteiger partial charge in [0.15, 0.2) is 0 Å². The van der Waals surface area contributed by atoms with Crippen molar-refractivity contribution in [1.29, 1.82) is 0 Å². The Morgan fingerprint density at radius 2 is 1.58 bits per heavy atom. The molecule has 0 fully saturated rings. The Hall–Kier alpha value is -1.84. The van der Waals surface area contributed by atoms with E-state index >= 15 is 0 Å². The highest BCUT2D eigenvalue weighted by atomic mass is 16.5. The summed E-state index contributed by atoms with van der Waals surface area (Å²) >= 11 is 0. The van der Waals surface area contributed by atoms with Crippen LogP contribution in [0.2, 0.25) is 0 Å². The van der Waals surface area contributed by atoms with Crippen LogP contribution in [0.25, 0.3) is 0 Å². The van der Waals surface area contributed by atoms with Gasteiger partial charge in [-0.2, -0.15) is 0 Å². The summed E-state index contributed by atoms with van der Waals surface area (Å²) in [5.41, 5.74) is 6.28. The van der Waals surface area contributed by atoms with Crippen molar-refractivity contribution in [3.8, 4) is 5.75 Å². The van der Waals surface area contributed by atoms with Crippen LogP contribution >= 0.6 is 0 Å². The first kappa shape index (κ1) is 13.6. The molecular weight excluding hydrogens is 238 g/mol. The topological polar surface area (TPSA) is 55.5 Å². The Morgan fingerprint density at radius 1 is 1.00 bits per heavy atom. The number of hydrogen-bond donors (Lipinski definition) is 2. The molecule has 100 valence electrons. The molecule has 0 bridgehead atoms. The van der Waals surface area contributed by atoms with Gasteiger partial charge in [0, 0.05) is 0 Å². The molecule has 3 heteroatoms. The summed E-state index contributed by atoms with van der Waals surface area (Å²) in [5.74, 6) is 0.770. The molecule has 3 N–H and O–H groups in total. The lowest BCUT2D eigenvalue weighted by molar-refractivity contribution is 0.0737. The van der Waals surface area contributed by atoms with Gasteiger partial charge >= 0.3 is 0 Å². The smallest absolute Gasteiger partial charge is 0.118 e. The SMILES string of the molecule is COc1ccc(C(O)(CCN)c2ccccc2)cc1. The summed E-state index contributed by atoms with van der Waals surface area (Å²) in [5, 5.41) is 11.0. The number of rotatable bonds is 5. The van der Waals surface area contributed by atoms with E-state index in [9.17, 15) is 5.11 Å². The molecule has 1 atom stereocenters. The van der Waals surface area contributed by atoms with Gasteiger partial charge in [-0.05, 0) is 36.2 Å². The number of benzene rings is 2. The molecule has 0 saturated heterocycles. The Kier molecular flexibility index (Phi) is 4.20. The van der Waals surface area contributed by atoms with Gasteiger partial charge in [-0.3, -0.25) is 0 Å². The summed E-state index contributed by atoms with van der Waals surface area (Å²) in [7, 11) is 1.62. The summed E-state index contributed by atoms with van der Waals surface area (Å²) in [6.07, 6.45) is 0.476. The highest BCUT2D eigenvalue weighted by molar-refractivity contribution is 5.38. The molecule has 2 aromatic carbocycles. The second kappa shape index (κ2) is 5.87. The number of aliphatic hydroxyl groups is 1. The van der Waals surface area contributed by atoms with Crippen LogP contribution in [0, 0.1) is 0 Å². The number of hydrogen-bond acceptors (Lipinski definition) is 3. The van der Waals surface area contributed by atoms with Crippen LogP contribution in [0.15, 0.2) is 54.6 Å². The zero-order chi connectivity index (χ0) is 13.7. The first-order valence-electron chi connectivity index (χ1n) is 6.33. The van der Waals surface area contributed by atoms with Crippen molar-refractivity contribution < 1.29 is 9.84 Å². The average Bonchev–Trinajstić information content (AvgIpc) is 2.48. The van der Waals surface area contributed by atoms with Crippen LogP contribution in [0.5, 0.6) is 5.75 Å². The molecule has 3 nitrogen and oxygen atoms in total. The maximum Gasteiger partial charge on any atom is 0.118 e. The minimum absolute atomic E-state index is 0.414. The molecule has 0 aliphatic carbocycles. The lowest BCUT2D eigenvalue weighted by atomic mass is 9.83. The Labute approximate surface area is 113 Å². The largest absolute Gasteiger partial charge is 0.497 e. The molecule has 19 heavy (non-hydrogen) atoms. The van der Waals surface area contributed by atoms with Gasteiger partial charge in [-0.1, -0.05) is 42.5 Å². The van der Waals surface area contributed by atoms with E-state index in [0.717, 1.165) is 16.9 Å². The van der Waals surface area contributed by atoms with E-state index in [0.29, 0.717) is 13.0 Å². The Bertz CT molecular complexity index is 510. The van der Waals surface area contributed by atoms with Crippen molar-refractivity contribution in [3.05, 3.63) is 65.7 Å². The quantitative estimate of drug-likeness (QED) is 0.864. The highest BCUT2D eigenvalue weighted by Gasteiger charge is 2.30. The van der Waals surface area contributed by atoms with Gasteiger partial charge in [-0.25, -0.2) is 0 Å². The average molecular weight is 257 g/mol. The molecule has 0 aliphatic heterocycles. The van der Waals surface area contributed by atoms with E-state index in [4.69, 9.17) is 10.5 Å². The standard InChI is InChI=1S/C16H19NO2/c1-19-15-9-7-14(8-10-15)16(18,11-12-17)13-5-3-2-4-6-13/h2-10,18H,11-12,17H2,1H3. The van der Waals surface area contributed by atoms with Crippen LogP contribution in [0.4, 0.5) is 0 Å². The van der Waals surface area contributed by atoms with Crippen molar-refractivity contribution in [1.82, 2.24) is 0 Å². The summed E-state index contributed by atoms with van der Waals surface area (Å²) in [4.78, 5) is 0. The minimum Gasteiger partial charge on any atom is -0.497 e. The highest BCUT2D eigenvalue weighted by Crippen LogP contribution is 2.33. The van der Waals surface area contributed by atoms with Gasteiger partial charge in [-0.15, -0.1) is 0 Å². The van der Waals surface area contributed by atoms with Gasteiger partial charge in [0.25, 0.3) is 0 Å². The number of ether oxygens (including phenoxy) is 1. The minimum atomic E-state index is -1.05. The van der Waals surface area contributed by atoms with Crippen molar-refractivity contribution in [2.45, 2.75) is 12.0 Å². The summed E-state index contributed by atoms with van der Waals surface area (Å²) in [6, 6.07) is 17.0. The van der Waals surface area contributed by atoms with Crippen molar-refractivity contribution in [2.75, 3.05) is 13.7 Å². The Balaban J connectivity index is 2.43.